The Kier molecular flexibility index (Phi) is 3.07. The number of fused-ring (bicyclic) bond motifs is 1. The number of hydrogen-bond acceptors (Lipinski definition) is 4. The van der Waals surface area contributed by atoms with E-state index < -0.39 is 0 Å². The summed E-state index contributed by atoms with van der Waals surface area (Å²) in [7, 11) is 1.63. The summed E-state index contributed by atoms with van der Waals surface area (Å²) < 4.78 is 7.34. The van der Waals surface area contributed by atoms with E-state index in [1.165, 1.54) is 19.3 Å². The summed E-state index contributed by atoms with van der Waals surface area (Å²) >= 11 is 0. The molecule has 2 heterocycles. The van der Waals surface area contributed by atoms with Gasteiger partial charge in [-0.15, -0.1) is 0 Å². The average Bonchev–Trinajstić information content (AvgIpc) is 2.73. The van der Waals surface area contributed by atoms with Crippen LogP contribution in [0.1, 0.15) is 45.6 Å². The summed E-state index contributed by atoms with van der Waals surface area (Å²) in [6.07, 6.45) is 4.85. The van der Waals surface area contributed by atoms with Crippen LogP contribution in [0.5, 0.6) is 5.88 Å². The Hall–Kier alpha value is -1.78. The van der Waals surface area contributed by atoms with Gasteiger partial charge in [-0.05, 0) is 24.3 Å². The maximum Gasteiger partial charge on any atom is 0.215 e. The van der Waals surface area contributed by atoms with Crippen molar-refractivity contribution in [3.05, 3.63) is 12.1 Å². The van der Waals surface area contributed by atoms with E-state index in [4.69, 9.17) is 10.5 Å². The fourth-order valence-corrected chi connectivity index (χ4v) is 3.35. The lowest BCUT2D eigenvalue weighted by Crippen LogP contribution is -2.31. The molecule has 1 atom stereocenters. The summed E-state index contributed by atoms with van der Waals surface area (Å²) in [6, 6.07) is 4.09. The van der Waals surface area contributed by atoms with E-state index in [1.54, 1.807) is 7.11 Å². The molecule has 0 aromatic carbocycles. The van der Waals surface area contributed by atoms with Crippen LogP contribution in [0.15, 0.2) is 12.1 Å². The molecule has 2 N–H and O–H groups in total. The molecule has 1 fully saturated rings. The van der Waals surface area contributed by atoms with Gasteiger partial charge in [0, 0.05) is 12.1 Å². The first-order valence-corrected chi connectivity index (χ1v) is 7.21. The van der Waals surface area contributed by atoms with Crippen molar-refractivity contribution < 1.29 is 4.74 Å². The Morgan fingerprint density at radius 3 is 2.80 bits per heavy atom. The van der Waals surface area contributed by atoms with Crippen LogP contribution in [-0.4, -0.2) is 21.6 Å². The number of nitrogens with two attached hydrogens (primary N) is 1. The number of imidazole rings is 1. The molecule has 1 aliphatic carbocycles. The fourth-order valence-electron chi connectivity index (χ4n) is 3.35. The summed E-state index contributed by atoms with van der Waals surface area (Å²) in [5.41, 5.74) is 8.05. The monoisotopic (exact) mass is 274 g/mol. The number of hydrogen-bond donors (Lipinski definition) is 1. The second-order valence-electron chi connectivity index (χ2n) is 6.29. The smallest absolute Gasteiger partial charge is 0.215 e. The van der Waals surface area contributed by atoms with E-state index in [2.05, 4.69) is 28.4 Å². The number of ether oxygens (including phenoxy) is 1. The molecule has 0 aliphatic heterocycles. The van der Waals surface area contributed by atoms with Gasteiger partial charge in [0.2, 0.25) is 11.8 Å². The first-order chi connectivity index (χ1) is 9.53. The SMILES string of the molecule is COc1ccc2nc(N)n(C3CCCCC3(C)C)c2n1. The van der Waals surface area contributed by atoms with Gasteiger partial charge in [-0.1, -0.05) is 26.7 Å². The van der Waals surface area contributed by atoms with Gasteiger partial charge in [-0.2, -0.15) is 4.98 Å². The highest BCUT2D eigenvalue weighted by molar-refractivity contribution is 5.75. The molecule has 0 radical (unpaired) electrons. The van der Waals surface area contributed by atoms with Crippen LogP contribution < -0.4 is 10.5 Å². The Labute approximate surface area is 119 Å². The predicted octanol–water partition coefficient (Wildman–Crippen LogP) is 3.16. The largest absolute Gasteiger partial charge is 0.481 e. The van der Waals surface area contributed by atoms with Crippen molar-refractivity contribution in [2.24, 2.45) is 5.41 Å². The molecule has 5 heteroatoms. The molecule has 1 aliphatic rings. The highest BCUT2D eigenvalue weighted by atomic mass is 16.5. The molecule has 5 nitrogen and oxygen atoms in total. The van der Waals surface area contributed by atoms with Crippen LogP contribution >= 0.6 is 0 Å². The lowest BCUT2D eigenvalue weighted by molar-refractivity contribution is 0.149. The number of aromatic nitrogens is 3. The van der Waals surface area contributed by atoms with Crippen molar-refractivity contribution in [3.8, 4) is 5.88 Å². The molecule has 0 spiro atoms. The fraction of sp³-hybridized carbons (Fsp3) is 0.600. The summed E-state index contributed by atoms with van der Waals surface area (Å²) in [5.74, 6) is 1.16. The van der Waals surface area contributed by atoms with Gasteiger partial charge in [-0.25, -0.2) is 4.98 Å². The lowest BCUT2D eigenvalue weighted by Gasteiger charge is -2.39. The molecule has 2 aromatic rings. The minimum absolute atomic E-state index is 0.213. The minimum Gasteiger partial charge on any atom is -0.481 e. The highest BCUT2D eigenvalue weighted by Crippen LogP contribution is 2.45. The number of rotatable bonds is 2. The zero-order chi connectivity index (χ0) is 14.3. The first kappa shape index (κ1) is 13.2. The van der Waals surface area contributed by atoms with Gasteiger partial charge in [0.25, 0.3) is 0 Å². The van der Waals surface area contributed by atoms with Crippen molar-refractivity contribution in [2.75, 3.05) is 12.8 Å². The predicted molar refractivity (Wildman–Crippen MR) is 79.8 cm³/mol. The Morgan fingerprint density at radius 2 is 2.10 bits per heavy atom. The average molecular weight is 274 g/mol. The second kappa shape index (κ2) is 4.65. The van der Waals surface area contributed by atoms with E-state index in [1.807, 2.05) is 12.1 Å². The summed E-state index contributed by atoms with van der Waals surface area (Å²) in [5, 5.41) is 0. The number of anilines is 1. The van der Waals surface area contributed by atoms with Crippen molar-refractivity contribution in [1.29, 1.82) is 0 Å². The van der Waals surface area contributed by atoms with E-state index in [9.17, 15) is 0 Å². The molecule has 3 rings (SSSR count). The highest BCUT2D eigenvalue weighted by Gasteiger charge is 2.35. The minimum atomic E-state index is 0.213. The molecule has 1 saturated carbocycles. The zero-order valence-corrected chi connectivity index (χ0v) is 12.4. The van der Waals surface area contributed by atoms with Crippen LogP contribution in [0, 0.1) is 5.41 Å². The van der Waals surface area contributed by atoms with Gasteiger partial charge >= 0.3 is 0 Å². The Balaban J connectivity index is 2.16. The van der Waals surface area contributed by atoms with E-state index in [0.29, 0.717) is 17.9 Å². The molecule has 20 heavy (non-hydrogen) atoms. The van der Waals surface area contributed by atoms with Crippen LogP contribution in [0.3, 0.4) is 0 Å². The van der Waals surface area contributed by atoms with Gasteiger partial charge < -0.3 is 10.5 Å². The van der Waals surface area contributed by atoms with Crippen LogP contribution in [0.25, 0.3) is 11.2 Å². The summed E-state index contributed by atoms with van der Waals surface area (Å²) in [6.45, 7) is 4.62. The third kappa shape index (κ3) is 2.01. The number of methoxy groups -OCH3 is 1. The van der Waals surface area contributed by atoms with Crippen molar-refractivity contribution >= 4 is 17.1 Å². The maximum atomic E-state index is 6.17. The number of nitrogens with zero attached hydrogens (tertiary/aromatic N) is 3. The third-order valence-electron chi connectivity index (χ3n) is 4.51. The third-order valence-corrected chi connectivity index (χ3v) is 4.51. The van der Waals surface area contributed by atoms with Crippen molar-refractivity contribution in [2.45, 2.75) is 45.6 Å². The molecule has 1 unspecified atom stereocenters. The zero-order valence-electron chi connectivity index (χ0n) is 12.4. The lowest BCUT2D eigenvalue weighted by atomic mass is 9.73. The number of nitrogen functional groups attached to an aromatic ring is 1. The van der Waals surface area contributed by atoms with Crippen molar-refractivity contribution in [3.63, 3.8) is 0 Å². The van der Waals surface area contributed by atoms with E-state index in [0.717, 1.165) is 17.6 Å². The van der Waals surface area contributed by atoms with Crippen molar-refractivity contribution in [1.82, 2.24) is 14.5 Å². The maximum absolute atomic E-state index is 6.17. The van der Waals surface area contributed by atoms with Gasteiger partial charge in [-0.3, -0.25) is 4.57 Å². The van der Waals surface area contributed by atoms with Crippen LogP contribution in [0.4, 0.5) is 5.95 Å². The second-order valence-corrected chi connectivity index (χ2v) is 6.29. The van der Waals surface area contributed by atoms with Gasteiger partial charge in [0.05, 0.1) is 7.11 Å². The van der Waals surface area contributed by atoms with E-state index in [-0.39, 0.29) is 5.41 Å². The summed E-state index contributed by atoms with van der Waals surface area (Å²) in [4.78, 5) is 9.01. The molecule has 0 amide bonds. The molecule has 2 aromatic heterocycles. The number of pyridine rings is 1. The Morgan fingerprint density at radius 1 is 1.30 bits per heavy atom. The van der Waals surface area contributed by atoms with Crippen LogP contribution in [-0.2, 0) is 0 Å². The molecule has 108 valence electrons. The molecular formula is C15H22N4O. The normalized spacial score (nSPS) is 22.1. The van der Waals surface area contributed by atoms with Gasteiger partial charge in [0.15, 0.2) is 5.65 Å². The van der Waals surface area contributed by atoms with E-state index >= 15 is 0 Å². The quantitative estimate of drug-likeness (QED) is 0.913. The van der Waals surface area contributed by atoms with Crippen LogP contribution in [0.2, 0.25) is 0 Å². The standard InChI is InChI=1S/C15H22N4O/c1-15(2)9-5-4-6-11(15)19-13-10(17-14(19)16)7-8-12(18-13)20-3/h7-8,11H,4-6,9H2,1-3H3,(H2,16,17). The first-order valence-electron chi connectivity index (χ1n) is 7.21. The molecule has 0 saturated heterocycles. The molecule has 0 bridgehead atoms. The Bertz CT molecular complexity index is 632. The molecular weight excluding hydrogens is 252 g/mol. The van der Waals surface area contributed by atoms with Gasteiger partial charge in [0.1, 0.15) is 5.52 Å². The topological polar surface area (TPSA) is 66.0 Å².